The van der Waals surface area contributed by atoms with Crippen LogP contribution in [0.25, 0.3) is 0 Å². The quantitative estimate of drug-likeness (QED) is 0.645. The summed E-state index contributed by atoms with van der Waals surface area (Å²) in [5, 5.41) is 0. The molecular weight excluding hydrogens is 220 g/mol. The fourth-order valence-electron chi connectivity index (χ4n) is 0.554. The first kappa shape index (κ1) is 2.16. The van der Waals surface area contributed by atoms with Gasteiger partial charge in [0.1, 0.15) is 0 Å². The van der Waals surface area contributed by atoms with Crippen LogP contribution in [0, 0.1) is 6.85 Å². The molecule has 0 saturated carbocycles. The van der Waals surface area contributed by atoms with E-state index in [4.69, 9.17) is 16.4 Å². The van der Waals surface area contributed by atoms with Crippen molar-refractivity contribution in [2.75, 3.05) is 0 Å². The molecule has 1 aromatic heterocycles. The second-order valence-corrected chi connectivity index (χ2v) is 3.94. The molecule has 0 N–H and O–H groups in total. The molecule has 0 amide bonds. The highest BCUT2D eigenvalue weighted by molar-refractivity contribution is 9.10. The standard InChI is InChI=1S/C9H13BrS/c1-6-7(10)5-8(11-6)9(2,3)4/h5H,1-4H3/i1D3,2D3,3D3,4D3. The van der Waals surface area contributed by atoms with Gasteiger partial charge < -0.3 is 0 Å². The third-order valence-electron chi connectivity index (χ3n) is 1.06. The van der Waals surface area contributed by atoms with Crippen molar-refractivity contribution in [3.63, 3.8) is 0 Å². The number of aryl methyl sites for hydroxylation is 1. The minimum absolute atomic E-state index is 0.0420. The molecule has 1 heterocycles. The van der Waals surface area contributed by atoms with E-state index >= 15 is 0 Å². The average molecular weight is 245 g/mol. The third kappa shape index (κ3) is 2.06. The highest BCUT2D eigenvalue weighted by atomic mass is 79.9. The average Bonchev–Trinajstić information content (AvgIpc) is 2.52. The molecule has 0 unspecified atom stereocenters. The molecular formula is C9H13BrS. The Hall–Kier alpha value is 0.180. The Morgan fingerprint density at radius 1 is 1.55 bits per heavy atom. The summed E-state index contributed by atoms with van der Waals surface area (Å²) in [6, 6.07) is 0.970. The largest absolute Gasteiger partial charge is 0.144 e. The third-order valence-corrected chi connectivity index (χ3v) is 3.01. The Bertz CT molecular complexity index is 535. The predicted octanol–water partition coefficient (Wildman–Crippen LogP) is 4.12. The Labute approximate surface area is 97.6 Å². The highest BCUT2D eigenvalue weighted by Gasteiger charge is 2.16. The van der Waals surface area contributed by atoms with Crippen LogP contribution >= 0.6 is 27.3 Å². The van der Waals surface area contributed by atoms with Gasteiger partial charge in [-0.05, 0) is 34.3 Å². The van der Waals surface area contributed by atoms with Crippen molar-refractivity contribution in [3.05, 3.63) is 20.3 Å². The van der Waals surface area contributed by atoms with Crippen molar-refractivity contribution in [1.82, 2.24) is 0 Å². The maximum atomic E-state index is 7.59. The van der Waals surface area contributed by atoms with Gasteiger partial charge in [-0.25, -0.2) is 0 Å². The van der Waals surface area contributed by atoms with Crippen LogP contribution in [0.5, 0.6) is 0 Å². The van der Waals surface area contributed by atoms with Crippen LogP contribution in [0.15, 0.2) is 10.5 Å². The summed E-state index contributed by atoms with van der Waals surface area (Å²) in [5.41, 5.74) is -3.18. The van der Waals surface area contributed by atoms with E-state index in [1.807, 2.05) is 0 Å². The van der Waals surface area contributed by atoms with Gasteiger partial charge in [-0.3, -0.25) is 0 Å². The molecule has 62 valence electrons. The monoisotopic (exact) mass is 244 g/mol. The SMILES string of the molecule is [2H]C([2H])([2H])c1sc(C(C([2H])([2H])[2H])(C([2H])([2H])[2H])C([2H])([2H])[2H])cc1Br. The number of thiophene rings is 1. The van der Waals surface area contributed by atoms with E-state index < -0.39 is 37.7 Å². The van der Waals surface area contributed by atoms with E-state index in [1.165, 1.54) is 0 Å². The Kier molecular flexibility index (Phi) is 0.570. The Morgan fingerprint density at radius 2 is 2.27 bits per heavy atom. The van der Waals surface area contributed by atoms with Gasteiger partial charge in [-0.2, -0.15) is 0 Å². The van der Waals surface area contributed by atoms with Crippen molar-refractivity contribution in [2.24, 2.45) is 0 Å². The summed E-state index contributed by atoms with van der Waals surface area (Å²) in [6.45, 7) is -12.8. The first-order valence-electron chi connectivity index (χ1n) is 8.67. The van der Waals surface area contributed by atoms with Crippen molar-refractivity contribution in [1.29, 1.82) is 0 Å². The second-order valence-electron chi connectivity index (χ2n) is 2.04. The zero-order chi connectivity index (χ0) is 18.6. The first-order chi connectivity index (χ1) is 9.87. The molecule has 0 spiro atoms. The molecule has 0 radical (unpaired) electrons. The van der Waals surface area contributed by atoms with E-state index in [9.17, 15) is 0 Å². The first-order valence-corrected chi connectivity index (χ1v) is 4.28. The number of hydrogen-bond acceptors (Lipinski definition) is 1. The highest BCUT2D eigenvalue weighted by Crippen LogP contribution is 2.34. The molecule has 11 heavy (non-hydrogen) atoms. The van der Waals surface area contributed by atoms with Crippen LogP contribution in [-0.4, -0.2) is 0 Å². The summed E-state index contributed by atoms with van der Waals surface area (Å²) in [4.78, 5) is -0.829. The van der Waals surface area contributed by atoms with Gasteiger partial charge in [0.25, 0.3) is 0 Å². The van der Waals surface area contributed by atoms with Crippen molar-refractivity contribution < 1.29 is 16.4 Å². The zero-order valence-electron chi connectivity index (χ0n) is 17.4. The van der Waals surface area contributed by atoms with Crippen LogP contribution in [0.4, 0.5) is 0 Å². The van der Waals surface area contributed by atoms with E-state index in [2.05, 4.69) is 15.9 Å². The lowest BCUT2D eigenvalue weighted by Crippen LogP contribution is -2.07. The van der Waals surface area contributed by atoms with Crippen molar-refractivity contribution >= 4 is 27.3 Å². The molecule has 0 bridgehead atoms. The van der Waals surface area contributed by atoms with Gasteiger partial charge in [-0.15, -0.1) is 11.3 Å². The normalized spacial score (nSPS) is 32.8. The molecule has 0 aliphatic heterocycles. The topological polar surface area (TPSA) is 0 Å². The van der Waals surface area contributed by atoms with Crippen LogP contribution in [0.3, 0.4) is 0 Å². The number of rotatable bonds is 0. The van der Waals surface area contributed by atoms with Crippen molar-refractivity contribution in [2.45, 2.75) is 32.8 Å². The molecule has 0 atom stereocenters. The molecule has 0 aliphatic carbocycles. The van der Waals surface area contributed by atoms with Crippen LogP contribution < -0.4 is 0 Å². The lowest BCUT2D eigenvalue weighted by molar-refractivity contribution is 0.604. The van der Waals surface area contributed by atoms with Crippen LogP contribution in [0.1, 0.15) is 46.8 Å². The molecule has 0 nitrogen and oxygen atoms in total. The van der Waals surface area contributed by atoms with Gasteiger partial charge in [0.2, 0.25) is 0 Å². The van der Waals surface area contributed by atoms with Crippen LogP contribution in [-0.2, 0) is 5.41 Å². The summed E-state index contributed by atoms with van der Waals surface area (Å²) >= 11 is 3.31. The van der Waals surface area contributed by atoms with E-state index in [-0.39, 0.29) is 9.35 Å². The van der Waals surface area contributed by atoms with Gasteiger partial charge in [-0.1, -0.05) is 20.6 Å². The second kappa shape index (κ2) is 2.91. The summed E-state index contributed by atoms with van der Waals surface area (Å²) in [7, 11) is 0. The van der Waals surface area contributed by atoms with Gasteiger partial charge in [0.05, 0.1) is 0 Å². The van der Waals surface area contributed by atoms with E-state index in [1.54, 1.807) is 0 Å². The Balaban J connectivity index is 3.88. The molecule has 0 aliphatic rings. The fourth-order valence-corrected chi connectivity index (χ4v) is 1.88. The zero-order valence-corrected chi connectivity index (χ0v) is 7.77. The van der Waals surface area contributed by atoms with Gasteiger partial charge >= 0.3 is 0 Å². The fraction of sp³-hybridized carbons (Fsp3) is 0.556. The molecule has 1 rings (SSSR count). The molecule has 2 heteroatoms. The van der Waals surface area contributed by atoms with Crippen LogP contribution in [0.2, 0.25) is 0 Å². The smallest absolute Gasteiger partial charge is 0.0314 e. The molecule has 0 aromatic carbocycles. The minimum atomic E-state index is -3.40. The summed E-state index contributed by atoms with van der Waals surface area (Å²) in [6.07, 6.45) is 0. The molecule has 0 fully saturated rings. The summed E-state index contributed by atoms with van der Waals surface area (Å²) < 4.78 is 90.4. The maximum Gasteiger partial charge on any atom is 0.0314 e. The minimum Gasteiger partial charge on any atom is -0.144 e. The van der Waals surface area contributed by atoms with Gasteiger partial charge in [0.15, 0.2) is 0 Å². The maximum absolute atomic E-state index is 7.59. The Morgan fingerprint density at radius 3 is 2.73 bits per heavy atom. The predicted molar refractivity (Wildman–Crippen MR) is 55.5 cm³/mol. The van der Waals surface area contributed by atoms with E-state index in [0.717, 1.165) is 6.07 Å². The molecule has 1 aromatic rings. The number of halogens is 1. The lowest BCUT2D eigenvalue weighted by atomic mass is 9.95. The van der Waals surface area contributed by atoms with Gasteiger partial charge in [0, 0.05) is 30.7 Å². The number of hydrogen-bond donors (Lipinski definition) is 0. The molecule has 0 saturated heterocycles. The summed E-state index contributed by atoms with van der Waals surface area (Å²) in [5.74, 6) is 0. The van der Waals surface area contributed by atoms with Crippen molar-refractivity contribution in [3.8, 4) is 0 Å². The van der Waals surface area contributed by atoms with E-state index in [0.29, 0.717) is 11.3 Å². The lowest BCUT2D eigenvalue weighted by Gasteiger charge is -2.14.